The number of carbonyl (C=O) groups is 2. The van der Waals surface area contributed by atoms with Crippen LogP contribution in [-0.4, -0.2) is 34.2 Å². The zero-order valence-corrected chi connectivity index (χ0v) is 18.6. The summed E-state index contributed by atoms with van der Waals surface area (Å²) >= 11 is 0. The molecule has 0 radical (unpaired) electrons. The molecule has 33 heavy (non-hydrogen) atoms. The van der Waals surface area contributed by atoms with Gasteiger partial charge < -0.3 is 4.90 Å². The Balaban J connectivity index is 1.56. The Morgan fingerprint density at radius 2 is 1.64 bits per heavy atom. The number of aromatic nitrogens is 1. The van der Waals surface area contributed by atoms with E-state index in [-0.39, 0.29) is 5.56 Å². The molecule has 1 aromatic heterocycles. The van der Waals surface area contributed by atoms with Crippen molar-refractivity contribution in [3.05, 3.63) is 106 Å². The third kappa shape index (κ3) is 5.28. The number of carbonyl (C=O) groups excluding carboxylic acids is 2. The van der Waals surface area contributed by atoms with Crippen LogP contribution in [0.5, 0.6) is 0 Å². The van der Waals surface area contributed by atoms with Crippen molar-refractivity contribution in [3.63, 3.8) is 0 Å². The fourth-order valence-electron chi connectivity index (χ4n) is 4.42. The van der Waals surface area contributed by atoms with E-state index >= 15 is 0 Å². The third-order valence-electron chi connectivity index (χ3n) is 6.27. The minimum atomic E-state index is -1.31. The van der Waals surface area contributed by atoms with Gasteiger partial charge in [-0.15, -0.1) is 0 Å². The van der Waals surface area contributed by atoms with E-state index in [1.165, 1.54) is 46.7 Å². The average Bonchev–Trinajstić information content (AvgIpc) is 2.83. The molecule has 1 atom stereocenters. The first-order valence-corrected chi connectivity index (χ1v) is 11.2. The summed E-state index contributed by atoms with van der Waals surface area (Å²) in [5.41, 5.74) is 1.81. The molecule has 1 fully saturated rings. The zero-order chi connectivity index (χ0) is 23.4. The maximum Gasteiger partial charge on any atom is 0.253 e. The molecule has 2 aromatic carbocycles. The van der Waals surface area contributed by atoms with E-state index in [0.29, 0.717) is 19.0 Å². The van der Waals surface area contributed by atoms with Crippen LogP contribution in [0.4, 0.5) is 4.39 Å². The Morgan fingerprint density at radius 3 is 2.30 bits per heavy atom. The van der Waals surface area contributed by atoms with Gasteiger partial charge in [0.05, 0.1) is 0 Å². The zero-order valence-electron chi connectivity index (χ0n) is 18.6. The van der Waals surface area contributed by atoms with Crippen molar-refractivity contribution in [2.75, 3.05) is 13.1 Å². The number of halogens is 1. The smallest absolute Gasteiger partial charge is 0.253 e. The Hall–Kier alpha value is -3.54. The molecule has 1 saturated heterocycles. The Morgan fingerprint density at radius 1 is 0.970 bits per heavy atom. The van der Waals surface area contributed by atoms with Gasteiger partial charge in [-0.1, -0.05) is 36.4 Å². The van der Waals surface area contributed by atoms with Crippen LogP contribution in [0, 0.1) is 18.7 Å². The monoisotopic (exact) mass is 446 g/mol. The van der Waals surface area contributed by atoms with Gasteiger partial charge in [-0.25, -0.2) is 4.39 Å². The van der Waals surface area contributed by atoms with E-state index in [4.69, 9.17) is 0 Å². The summed E-state index contributed by atoms with van der Waals surface area (Å²) in [7, 11) is 0. The van der Waals surface area contributed by atoms with Gasteiger partial charge >= 0.3 is 0 Å². The minimum absolute atomic E-state index is 0.196. The largest absolute Gasteiger partial charge is 0.340 e. The quantitative estimate of drug-likeness (QED) is 0.421. The summed E-state index contributed by atoms with van der Waals surface area (Å²) in [6.07, 6.45) is 4.16. The van der Waals surface area contributed by atoms with Crippen molar-refractivity contribution in [2.45, 2.75) is 32.2 Å². The maximum absolute atomic E-state index is 13.6. The lowest BCUT2D eigenvalue weighted by atomic mass is 9.89. The molecular weight excluding hydrogens is 419 g/mol. The molecular formula is C27H27FN2O3. The summed E-state index contributed by atoms with van der Waals surface area (Å²) in [6.45, 7) is 2.86. The van der Waals surface area contributed by atoms with Crippen LogP contribution in [0.25, 0.3) is 0 Å². The molecule has 1 aliphatic heterocycles. The second-order valence-electron chi connectivity index (χ2n) is 8.68. The molecule has 0 N–H and O–H groups in total. The van der Waals surface area contributed by atoms with E-state index < -0.39 is 29.1 Å². The van der Waals surface area contributed by atoms with Crippen LogP contribution in [-0.2, 0) is 11.2 Å². The summed E-state index contributed by atoms with van der Waals surface area (Å²) in [5, 5.41) is 0. The summed E-state index contributed by atoms with van der Waals surface area (Å²) in [5.74, 6) is -0.915. The van der Waals surface area contributed by atoms with Crippen LogP contribution < -0.4 is 5.56 Å². The molecule has 0 unspecified atom stereocenters. The van der Waals surface area contributed by atoms with Crippen LogP contribution in [0.15, 0.2) is 77.7 Å². The first kappa shape index (κ1) is 22.6. The minimum Gasteiger partial charge on any atom is -0.340 e. The molecule has 0 saturated carbocycles. The number of Topliss-reactive ketones (excluding diaryl/α,β-unsaturated/α-hetero) is 1. The first-order valence-electron chi connectivity index (χ1n) is 11.2. The van der Waals surface area contributed by atoms with Gasteiger partial charge in [0, 0.05) is 30.9 Å². The van der Waals surface area contributed by atoms with Crippen LogP contribution in [0.1, 0.15) is 40.4 Å². The number of rotatable bonds is 6. The van der Waals surface area contributed by atoms with E-state index in [9.17, 15) is 18.8 Å². The topological polar surface area (TPSA) is 59.4 Å². The van der Waals surface area contributed by atoms with Crippen molar-refractivity contribution in [3.8, 4) is 0 Å². The lowest BCUT2D eigenvalue weighted by Crippen LogP contribution is -2.47. The van der Waals surface area contributed by atoms with E-state index in [1.807, 2.05) is 18.2 Å². The second kappa shape index (κ2) is 9.94. The summed E-state index contributed by atoms with van der Waals surface area (Å²) in [6, 6.07) is 17.0. The van der Waals surface area contributed by atoms with Crippen LogP contribution in [0.2, 0.25) is 0 Å². The number of ketones is 1. The summed E-state index contributed by atoms with van der Waals surface area (Å²) in [4.78, 5) is 41.3. The highest BCUT2D eigenvalue weighted by Crippen LogP contribution is 2.25. The Labute approximate surface area is 192 Å². The molecule has 1 aliphatic rings. The van der Waals surface area contributed by atoms with Gasteiger partial charge in [0.2, 0.25) is 0 Å². The third-order valence-corrected chi connectivity index (χ3v) is 6.27. The van der Waals surface area contributed by atoms with Crippen molar-refractivity contribution >= 4 is 11.7 Å². The van der Waals surface area contributed by atoms with E-state index in [1.54, 1.807) is 17.9 Å². The number of benzene rings is 2. The fraction of sp³-hybridized carbons (Fsp3) is 0.296. The maximum atomic E-state index is 13.6. The molecule has 170 valence electrons. The highest BCUT2D eigenvalue weighted by molar-refractivity contribution is 6.11. The Kier molecular flexibility index (Phi) is 6.82. The second-order valence-corrected chi connectivity index (χ2v) is 8.68. The number of hydrogen-bond acceptors (Lipinski definition) is 3. The van der Waals surface area contributed by atoms with Gasteiger partial charge in [0.1, 0.15) is 5.82 Å². The van der Waals surface area contributed by atoms with Gasteiger partial charge in [0.15, 0.2) is 11.8 Å². The van der Waals surface area contributed by atoms with Gasteiger partial charge in [-0.3, -0.25) is 19.0 Å². The molecule has 4 rings (SSSR count). The van der Waals surface area contributed by atoms with Crippen molar-refractivity contribution in [1.29, 1.82) is 0 Å². The van der Waals surface area contributed by atoms with Gasteiger partial charge in [0.25, 0.3) is 11.5 Å². The molecule has 0 spiro atoms. The standard InChI is InChI=1S/C27H27FN2O3/c1-19-7-12-24(31)30(18-19)25(26(32)22-8-10-23(28)11-9-22)27(33)29-15-13-21(14-16-29)17-20-5-3-2-4-6-20/h2-12,18,21,25H,13-17H2,1H3/t25-/m1/s1. The van der Waals surface area contributed by atoms with Crippen LogP contribution in [0.3, 0.4) is 0 Å². The molecule has 2 heterocycles. The number of likely N-dealkylation sites (tertiary alicyclic amines) is 1. The highest BCUT2D eigenvalue weighted by Gasteiger charge is 2.35. The van der Waals surface area contributed by atoms with Crippen molar-refractivity contribution < 1.29 is 14.0 Å². The van der Waals surface area contributed by atoms with Gasteiger partial charge in [-0.2, -0.15) is 0 Å². The number of amides is 1. The molecule has 5 nitrogen and oxygen atoms in total. The molecule has 1 amide bonds. The van der Waals surface area contributed by atoms with E-state index in [2.05, 4.69) is 12.1 Å². The van der Waals surface area contributed by atoms with Crippen molar-refractivity contribution in [1.82, 2.24) is 9.47 Å². The van der Waals surface area contributed by atoms with Gasteiger partial charge in [-0.05, 0) is 67.5 Å². The number of piperidine rings is 1. The number of pyridine rings is 1. The SMILES string of the molecule is Cc1ccc(=O)n([C@H](C(=O)c2ccc(F)cc2)C(=O)N2CCC(Cc3ccccc3)CC2)c1. The molecule has 0 aliphatic carbocycles. The predicted octanol–water partition coefficient (Wildman–Crippen LogP) is 4.20. The number of nitrogens with zero attached hydrogens (tertiary/aromatic N) is 2. The average molecular weight is 447 g/mol. The number of aryl methyl sites for hydroxylation is 1. The molecule has 3 aromatic rings. The normalized spacial score (nSPS) is 15.3. The first-order chi connectivity index (χ1) is 15.9. The highest BCUT2D eigenvalue weighted by atomic mass is 19.1. The summed E-state index contributed by atoms with van der Waals surface area (Å²) < 4.78 is 14.6. The fourth-order valence-corrected chi connectivity index (χ4v) is 4.42. The lowest BCUT2D eigenvalue weighted by Gasteiger charge is -2.34. The molecule has 0 bridgehead atoms. The predicted molar refractivity (Wildman–Crippen MR) is 125 cm³/mol. The Bertz CT molecular complexity index is 1180. The number of hydrogen-bond donors (Lipinski definition) is 0. The van der Waals surface area contributed by atoms with Crippen molar-refractivity contribution in [2.24, 2.45) is 5.92 Å². The lowest BCUT2D eigenvalue weighted by molar-refractivity contribution is -0.134. The van der Waals surface area contributed by atoms with E-state index in [0.717, 1.165) is 24.8 Å². The molecule has 6 heteroatoms. The van der Waals surface area contributed by atoms with Crippen LogP contribution >= 0.6 is 0 Å².